The van der Waals surface area contributed by atoms with Crippen molar-refractivity contribution in [2.24, 2.45) is 5.73 Å². The van der Waals surface area contributed by atoms with Gasteiger partial charge in [-0.3, -0.25) is 0 Å². The molecule has 0 aliphatic carbocycles. The van der Waals surface area contributed by atoms with Crippen molar-refractivity contribution in [1.82, 2.24) is 9.38 Å². The molecule has 3 heteroatoms. The fraction of sp³-hybridized carbons (Fsp3) is 0.133. The van der Waals surface area contributed by atoms with E-state index in [1.165, 1.54) is 5.56 Å². The van der Waals surface area contributed by atoms with Crippen molar-refractivity contribution >= 4 is 5.65 Å². The molecule has 0 spiro atoms. The molecule has 1 atom stereocenters. The Hall–Kier alpha value is -2.13. The zero-order valence-corrected chi connectivity index (χ0v) is 10.2. The molecular formula is C15H15N3. The lowest BCUT2D eigenvalue weighted by molar-refractivity contribution is 0.814. The summed E-state index contributed by atoms with van der Waals surface area (Å²) >= 11 is 0. The highest BCUT2D eigenvalue weighted by Gasteiger charge is 2.13. The van der Waals surface area contributed by atoms with E-state index in [0.29, 0.717) is 0 Å². The number of hydrogen-bond donors (Lipinski definition) is 1. The van der Waals surface area contributed by atoms with E-state index in [1.54, 1.807) is 0 Å². The molecule has 18 heavy (non-hydrogen) atoms. The van der Waals surface area contributed by atoms with Crippen LogP contribution in [0.4, 0.5) is 0 Å². The Bertz CT molecular complexity index is 671. The Labute approximate surface area is 106 Å². The predicted octanol–water partition coefficient (Wildman–Crippen LogP) is 2.69. The number of pyridine rings is 1. The van der Waals surface area contributed by atoms with Gasteiger partial charge in [-0.2, -0.15) is 0 Å². The minimum atomic E-state index is -0.149. The largest absolute Gasteiger partial charge is 0.319 e. The van der Waals surface area contributed by atoms with E-state index in [1.807, 2.05) is 47.1 Å². The minimum Gasteiger partial charge on any atom is -0.319 e. The fourth-order valence-electron chi connectivity index (χ4n) is 2.16. The van der Waals surface area contributed by atoms with Crippen molar-refractivity contribution in [2.75, 3.05) is 0 Å². The molecule has 3 nitrogen and oxygen atoms in total. The standard InChI is InChI=1S/C15H15N3/c1-11-7-8-18-13(10-17-14(18)9-11)15(16)12-5-3-2-4-6-12/h2-10,15H,16H2,1H3. The first-order valence-electron chi connectivity index (χ1n) is 6.00. The summed E-state index contributed by atoms with van der Waals surface area (Å²) < 4.78 is 2.05. The molecule has 0 aliphatic rings. The Morgan fingerprint density at radius 2 is 1.94 bits per heavy atom. The van der Waals surface area contributed by atoms with Gasteiger partial charge in [-0.25, -0.2) is 4.98 Å². The van der Waals surface area contributed by atoms with Crippen molar-refractivity contribution in [3.63, 3.8) is 0 Å². The zero-order chi connectivity index (χ0) is 12.5. The number of benzene rings is 1. The molecule has 1 aromatic carbocycles. The summed E-state index contributed by atoms with van der Waals surface area (Å²) in [6.07, 6.45) is 3.88. The van der Waals surface area contributed by atoms with Crippen LogP contribution in [0.15, 0.2) is 54.9 Å². The second kappa shape index (κ2) is 4.27. The van der Waals surface area contributed by atoms with E-state index in [-0.39, 0.29) is 6.04 Å². The summed E-state index contributed by atoms with van der Waals surface area (Å²) in [6.45, 7) is 2.06. The van der Waals surface area contributed by atoms with Gasteiger partial charge in [-0.05, 0) is 30.2 Å². The van der Waals surface area contributed by atoms with Gasteiger partial charge in [0.1, 0.15) is 5.65 Å². The Morgan fingerprint density at radius 1 is 1.17 bits per heavy atom. The number of aromatic nitrogens is 2. The Morgan fingerprint density at radius 3 is 2.72 bits per heavy atom. The third-order valence-corrected chi connectivity index (χ3v) is 3.17. The summed E-state index contributed by atoms with van der Waals surface area (Å²) in [5.41, 5.74) is 10.6. The topological polar surface area (TPSA) is 43.3 Å². The highest BCUT2D eigenvalue weighted by atomic mass is 15.0. The molecule has 3 aromatic rings. The number of aryl methyl sites for hydroxylation is 1. The zero-order valence-electron chi connectivity index (χ0n) is 10.2. The summed E-state index contributed by atoms with van der Waals surface area (Å²) in [4.78, 5) is 4.41. The van der Waals surface area contributed by atoms with Crippen LogP contribution in [-0.4, -0.2) is 9.38 Å². The first kappa shape index (κ1) is 11.0. The first-order chi connectivity index (χ1) is 8.75. The minimum absolute atomic E-state index is 0.149. The van der Waals surface area contributed by atoms with Gasteiger partial charge in [0.05, 0.1) is 17.9 Å². The van der Waals surface area contributed by atoms with Crippen molar-refractivity contribution < 1.29 is 0 Å². The molecule has 0 amide bonds. The quantitative estimate of drug-likeness (QED) is 0.744. The number of hydrogen-bond acceptors (Lipinski definition) is 2. The van der Waals surface area contributed by atoms with Gasteiger partial charge in [0.15, 0.2) is 0 Å². The maximum atomic E-state index is 6.30. The van der Waals surface area contributed by atoms with Gasteiger partial charge in [-0.1, -0.05) is 30.3 Å². The molecule has 0 aliphatic heterocycles. The van der Waals surface area contributed by atoms with Gasteiger partial charge >= 0.3 is 0 Å². The molecule has 1 unspecified atom stereocenters. The predicted molar refractivity (Wildman–Crippen MR) is 72.4 cm³/mol. The highest BCUT2D eigenvalue weighted by molar-refractivity contribution is 5.44. The van der Waals surface area contributed by atoms with E-state index in [0.717, 1.165) is 16.9 Å². The normalized spacial score (nSPS) is 12.8. The van der Waals surface area contributed by atoms with Crippen LogP contribution in [-0.2, 0) is 0 Å². The number of fused-ring (bicyclic) bond motifs is 1. The van der Waals surface area contributed by atoms with Gasteiger partial charge in [0, 0.05) is 6.20 Å². The number of rotatable bonds is 2. The molecule has 0 radical (unpaired) electrons. The lowest BCUT2D eigenvalue weighted by atomic mass is 10.1. The Kier molecular flexibility index (Phi) is 2.61. The molecule has 2 heterocycles. The molecular weight excluding hydrogens is 222 g/mol. The van der Waals surface area contributed by atoms with Gasteiger partial charge in [0.2, 0.25) is 0 Å². The lowest BCUT2D eigenvalue weighted by Crippen LogP contribution is -2.13. The van der Waals surface area contributed by atoms with Crippen LogP contribution in [0.25, 0.3) is 5.65 Å². The first-order valence-corrected chi connectivity index (χ1v) is 6.00. The molecule has 2 aromatic heterocycles. The summed E-state index contributed by atoms with van der Waals surface area (Å²) in [6, 6.07) is 14.1. The van der Waals surface area contributed by atoms with Crippen molar-refractivity contribution in [1.29, 1.82) is 0 Å². The smallest absolute Gasteiger partial charge is 0.137 e. The Balaban J connectivity index is 2.10. The van der Waals surface area contributed by atoms with Crippen LogP contribution in [0.1, 0.15) is 22.9 Å². The number of nitrogens with zero attached hydrogens (tertiary/aromatic N) is 2. The van der Waals surface area contributed by atoms with Gasteiger partial charge in [-0.15, -0.1) is 0 Å². The van der Waals surface area contributed by atoms with Crippen LogP contribution < -0.4 is 5.73 Å². The second-order valence-electron chi connectivity index (χ2n) is 4.50. The molecule has 90 valence electrons. The second-order valence-corrected chi connectivity index (χ2v) is 4.50. The summed E-state index contributed by atoms with van der Waals surface area (Å²) in [7, 11) is 0. The van der Waals surface area contributed by atoms with E-state index in [4.69, 9.17) is 5.73 Å². The maximum Gasteiger partial charge on any atom is 0.137 e. The van der Waals surface area contributed by atoms with E-state index in [2.05, 4.69) is 24.0 Å². The lowest BCUT2D eigenvalue weighted by Gasteiger charge is -2.11. The SMILES string of the molecule is Cc1ccn2c(C(N)c3ccccc3)cnc2c1. The third kappa shape index (κ3) is 1.79. The van der Waals surface area contributed by atoms with Crippen molar-refractivity contribution in [2.45, 2.75) is 13.0 Å². The number of imidazole rings is 1. The van der Waals surface area contributed by atoms with E-state index < -0.39 is 0 Å². The average molecular weight is 237 g/mol. The van der Waals surface area contributed by atoms with E-state index in [9.17, 15) is 0 Å². The maximum absolute atomic E-state index is 6.30. The van der Waals surface area contributed by atoms with Crippen LogP contribution in [0.5, 0.6) is 0 Å². The number of nitrogens with two attached hydrogens (primary N) is 1. The fourth-order valence-corrected chi connectivity index (χ4v) is 2.16. The van der Waals surface area contributed by atoms with Gasteiger partial charge < -0.3 is 10.1 Å². The molecule has 0 fully saturated rings. The van der Waals surface area contributed by atoms with Crippen LogP contribution >= 0.6 is 0 Å². The van der Waals surface area contributed by atoms with E-state index >= 15 is 0 Å². The van der Waals surface area contributed by atoms with Crippen LogP contribution in [0, 0.1) is 6.92 Å². The molecule has 0 saturated carbocycles. The molecule has 0 bridgehead atoms. The molecule has 3 rings (SSSR count). The molecule has 2 N–H and O–H groups in total. The van der Waals surface area contributed by atoms with Crippen molar-refractivity contribution in [3.05, 3.63) is 71.7 Å². The monoisotopic (exact) mass is 237 g/mol. The molecule has 0 saturated heterocycles. The van der Waals surface area contributed by atoms with Crippen molar-refractivity contribution in [3.8, 4) is 0 Å². The van der Waals surface area contributed by atoms with Crippen LogP contribution in [0.3, 0.4) is 0 Å². The average Bonchev–Trinajstić information content (AvgIpc) is 2.81. The third-order valence-electron chi connectivity index (χ3n) is 3.17. The summed E-state index contributed by atoms with van der Waals surface area (Å²) in [5.74, 6) is 0. The van der Waals surface area contributed by atoms with Gasteiger partial charge in [0.25, 0.3) is 0 Å². The summed E-state index contributed by atoms with van der Waals surface area (Å²) in [5, 5.41) is 0. The highest BCUT2D eigenvalue weighted by Crippen LogP contribution is 2.20. The van der Waals surface area contributed by atoms with Crippen LogP contribution in [0.2, 0.25) is 0 Å².